The van der Waals surface area contributed by atoms with Gasteiger partial charge in [-0.3, -0.25) is 14.6 Å². The number of rotatable bonds is 4. The normalized spacial score (nSPS) is 10.2. The summed E-state index contributed by atoms with van der Waals surface area (Å²) in [7, 11) is 1.69. The molecule has 0 aliphatic heterocycles. The third-order valence-electron chi connectivity index (χ3n) is 2.89. The van der Waals surface area contributed by atoms with Gasteiger partial charge < -0.3 is 9.88 Å². The molecule has 1 N–H and O–H groups in total. The number of likely N-dealkylation sites (N-methyl/N-ethyl adjacent to an activating group) is 1. The third-order valence-corrected chi connectivity index (χ3v) is 2.89. The van der Waals surface area contributed by atoms with Gasteiger partial charge in [-0.05, 0) is 24.1 Å². The van der Waals surface area contributed by atoms with Crippen LogP contribution in [0.2, 0.25) is 0 Å². The fourth-order valence-corrected chi connectivity index (χ4v) is 1.74. The molecule has 0 aliphatic rings. The van der Waals surface area contributed by atoms with Crippen molar-refractivity contribution in [3.63, 3.8) is 0 Å². The minimum Gasteiger partial charge on any atom is -0.367 e. The summed E-state index contributed by atoms with van der Waals surface area (Å²) in [6.07, 6.45) is 7.12. The van der Waals surface area contributed by atoms with Crippen LogP contribution in [0.15, 0.2) is 47.8 Å². The molecule has 0 saturated heterocycles. The molecule has 2 heterocycles. The molecule has 19 heavy (non-hydrogen) atoms. The highest BCUT2D eigenvalue weighted by Gasteiger charge is 2.14. The zero-order valence-electron chi connectivity index (χ0n) is 10.7. The lowest BCUT2D eigenvalue weighted by Gasteiger charge is -2.16. The second-order valence-corrected chi connectivity index (χ2v) is 4.25. The van der Waals surface area contributed by atoms with Gasteiger partial charge in [-0.1, -0.05) is 0 Å². The molecule has 0 aliphatic carbocycles. The van der Waals surface area contributed by atoms with E-state index in [0.717, 1.165) is 12.0 Å². The van der Waals surface area contributed by atoms with Crippen molar-refractivity contribution in [1.29, 1.82) is 0 Å². The van der Waals surface area contributed by atoms with Gasteiger partial charge in [0.1, 0.15) is 5.56 Å². The predicted molar refractivity (Wildman–Crippen MR) is 72.0 cm³/mol. The van der Waals surface area contributed by atoms with Crippen molar-refractivity contribution in [3.05, 3.63) is 64.3 Å². The summed E-state index contributed by atoms with van der Waals surface area (Å²) in [4.78, 5) is 31.9. The summed E-state index contributed by atoms with van der Waals surface area (Å²) in [5.74, 6) is -0.268. The molecule has 98 valence electrons. The zero-order valence-corrected chi connectivity index (χ0v) is 10.7. The van der Waals surface area contributed by atoms with Crippen LogP contribution in [0.4, 0.5) is 0 Å². The molecule has 2 aromatic heterocycles. The van der Waals surface area contributed by atoms with Gasteiger partial charge in [0.2, 0.25) is 0 Å². The molecular formula is C14H15N3O2. The topological polar surface area (TPSA) is 66.1 Å². The second-order valence-electron chi connectivity index (χ2n) is 4.25. The first-order chi connectivity index (χ1) is 9.18. The van der Waals surface area contributed by atoms with Crippen LogP contribution in [0.5, 0.6) is 0 Å². The average molecular weight is 257 g/mol. The number of carbonyl (C=O) groups excluding carboxylic acids is 1. The van der Waals surface area contributed by atoms with E-state index < -0.39 is 0 Å². The molecule has 0 aromatic carbocycles. The van der Waals surface area contributed by atoms with E-state index in [9.17, 15) is 9.59 Å². The molecule has 0 unspecified atom stereocenters. The van der Waals surface area contributed by atoms with E-state index in [1.807, 2.05) is 12.1 Å². The molecular weight excluding hydrogens is 242 g/mol. The van der Waals surface area contributed by atoms with Crippen molar-refractivity contribution in [2.24, 2.45) is 0 Å². The van der Waals surface area contributed by atoms with Crippen LogP contribution >= 0.6 is 0 Å². The largest absolute Gasteiger partial charge is 0.367 e. The van der Waals surface area contributed by atoms with Gasteiger partial charge in [-0.15, -0.1) is 0 Å². The van der Waals surface area contributed by atoms with Crippen LogP contribution in [-0.4, -0.2) is 34.4 Å². The molecule has 0 spiro atoms. The fraction of sp³-hybridized carbons (Fsp3) is 0.214. The zero-order chi connectivity index (χ0) is 13.7. The quantitative estimate of drug-likeness (QED) is 0.891. The lowest BCUT2D eigenvalue weighted by molar-refractivity contribution is 0.0795. The maximum Gasteiger partial charge on any atom is 0.259 e. The lowest BCUT2D eigenvalue weighted by atomic mass is 10.2. The minimum absolute atomic E-state index is 0.166. The Bertz CT molecular complexity index is 607. The SMILES string of the molecule is CN(CCc1ccncc1)C(=O)c1c[nH]ccc1=O. The molecule has 5 nitrogen and oxygen atoms in total. The van der Waals surface area contributed by atoms with Crippen LogP contribution in [0.3, 0.4) is 0 Å². The summed E-state index contributed by atoms with van der Waals surface area (Å²) in [6, 6.07) is 5.17. The van der Waals surface area contributed by atoms with Crippen molar-refractivity contribution in [2.45, 2.75) is 6.42 Å². The number of aromatic nitrogens is 2. The number of nitrogens with one attached hydrogen (secondary N) is 1. The highest BCUT2D eigenvalue weighted by atomic mass is 16.2. The summed E-state index contributed by atoms with van der Waals surface area (Å²) in [5, 5.41) is 0. The van der Waals surface area contributed by atoms with Gasteiger partial charge in [-0.25, -0.2) is 0 Å². The first-order valence-electron chi connectivity index (χ1n) is 6.00. The number of hydrogen-bond acceptors (Lipinski definition) is 3. The Kier molecular flexibility index (Phi) is 4.07. The van der Waals surface area contributed by atoms with Crippen LogP contribution < -0.4 is 5.43 Å². The van der Waals surface area contributed by atoms with Gasteiger partial charge in [0, 0.05) is 44.4 Å². The van der Waals surface area contributed by atoms with Crippen molar-refractivity contribution in [1.82, 2.24) is 14.9 Å². The van der Waals surface area contributed by atoms with E-state index in [1.165, 1.54) is 18.5 Å². The van der Waals surface area contributed by atoms with Gasteiger partial charge in [0.15, 0.2) is 5.43 Å². The second kappa shape index (κ2) is 5.95. The Labute approximate surface area is 110 Å². The summed E-state index contributed by atoms with van der Waals surface area (Å²) in [5.41, 5.74) is 1.01. The number of aromatic amines is 1. The number of hydrogen-bond donors (Lipinski definition) is 1. The van der Waals surface area contributed by atoms with E-state index in [0.29, 0.717) is 6.54 Å². The van der Waals surface area contributed by atoms with Gasteiger partial charge in [0.25, 0.3) is 5.91 Å². The number of H-pyrrole nitrogens is 1. The van der Waals surface area contributed by atoms with E-state index >= 15 is 0 Å². The monoisotopic (exact) mass is 257 g/mol. The van der Waals surface area contributed by atoms with Crippen LogP contribution in [0.25, 0.3) is 0 Å². The summed E-state index contributed by atoms with van der Waals surface area (Å²) < 4.78 is 0. The molecule has 0 fully saturated rings. The first-order valence-corrected chi connectivity index (χ1v) is 6.00. The Morgan fingerprint density at radius 3 is 2.74 bits per heavy atom. The van der Waals surface area contributed by atoms with E-state index in [4.69, 9.17) is 0 Å². The molecule has 0 radical (unpaired) electrons. The molecule has 0 saturated carbocycles. The maximum absolute atomic E-state index is 12.1. The standard InChI is InChI=1S/C14H15N3O2/c1-17(9-5-11-2-6-15-7-3-11)14(19)12-10-16-8-4-13(12)18/h2-4,6-8,10H,5,9H2,1H3,(H,16,18). The van der Waals surface area contributed by atoms with Crippen LogP contribution in [-0.2, 0) is 6.42 Å². The van der Waals surface area contributed by atoms with E-state index in [2.05, 4.69) is 9.97 Å². The van der Waals surface area contributed by atoms with Crippen LogP contribution in [0.1, 0.15) is 15.9 Å². The van der Waals surface area contributed by atoms with Gasteiger partial charge in [0.05, 0.1) is 0 Å². The Hall–Kier alpha value is -2.43. The van der Waals surface area contributed by atoms with E-state index in [-0.39, 0.29) is 16.9 Å². The lowest BCUT2D eigenvalue weighted by Crippen LogP contribution is -2.32. The average Bonchev–Trinajstić information content (AvgIpc) is 2.45. The third kappa shape index (κ3) is 3.28. The Morgan fingerprint density at radius 2 is 2.05 bits per heavy atom. The van der Waals surface area contributed by atoms with Gasteiger partial charge >= 0.3 is 0 Å². The van der Waals surface area contributed by atoms with Crippen molar-refractivity contribution < 1.29 is 4.79 Å². The molecule has 2 rings (SSSR count). The first kappa shape index (κ1) is 13.0. The van der Waals surface area contributed by atoms with E-state index in [1.54, 1.807) is 24.3 Å². The molecule has 0 atom stereocenters. The van der Waals surface area contributed by atoms with Crippen molar-refractivity contribution >= 4 is 5.91 Å². The van der Waals surface area contributed by atoms with Crippen LogP contribution in [0, 0.1) is 0 Å². The fourth-order valence-electron chi connectivity index (χ4n) is 1.74. The smallest absolute Gasteiger partial charge is 0.259 e. The number of nitrogens with zero attached hydrogens (tertiary/aromatic N) is 2. The van der Waals surface area contributed by atoms with Crippen molar-refractivity contribution in [3.8, 4) is 0 Å². The number of carbonyl (C=O) groups is 1. The molecule has 5 heteroatoms. The Morgan fingerprint density at radius 1 is 1.32 bits per heavy atom. The highest BCUT2D eigenvalue weighted by Crippen LogP contribution is 2.01. The summed E-state index contributed by atoms with van der Waals surface area (Å²) >= 11 is 0. The molecule has 1 amide bonds. The minimum atomic E-state index is -0.268. The highest BCUT2D eigenvalue weighted by molar-refractivity contribution is 5.93. The maximum atomic E-state index is 12.1. The number of pyridine rings is 2. The number of amides is 1. The summed E-state index contributed by atoms with van der Waals surface area (Å²) in [6.45, 7) is 0.553. The predicted octanol–water partition coefficient (Wildman–Crippen LogP) is 1.08. The molecule has 2 aromatic rings. The molecule has 0 bridgehead atoms. The van der Waals surface area contributed by atoms with Crippen molar-refractivity contribution in [2.75, 3.05) is 13.6 Å². The Balaban J connectivity index is 2.01. The van der Waals surface area contributed by atoms with Gasteiger partial charge in [-0.2, -0.15) is 0 Å².